The van der Waals surface area contributed by atoms with Crippen molar-refractivity contribution in [2.45, 2.75) is 19.8 Å². The van der Waals surface area contributed by atoms with Gasteiger partial charge in [-0.25, -0.2) is 0 Å². The number of halogens is 1. The Labute approximate surface area is 154 Å². The van der Waals surface area contributed by atoms with E-state index in [9.17, 15) is 0 Å². The second-order valence-corrected chi connectivity index (χ2v) is 8.46. The Morgan fingerprint density at radius 1 is 1.00 bits per heavy atom. The molecule has 0 aliphatic heterocycles. The molecule has 1 atom stereocenters. The molecule has 1 nitrogen and oxygen atoms in total. The molecule has 0 radical (unpaired) electrons. The van der Waals surface area contributed by atoms with Crippen LogP contribution in [0.2, 0.25) is 0 Å². The van der Waals surface area contributed by atoms with Crippen molar-refractivity contribution in [1.82, 2.24) is 4.98 Å². The number of benzene rings is 2. The fraction of sp³-hybridized carbons (Fsp3) is 0.143. The molecule has 0 bridgehead atoms. The molecular weight excluding hydrogens is 378 g/mol. The molecular formula is C21H18BrNS. The van der Waals surface area contributed by atoms with E-state index in [2.05, 4.69) is 95.6 Å². The molecule has 120 valence electrons. The predicted octanol–water partition coefficient (Wildman–Crippen LogP) is 6.79. The van der Waals surface area contributed by atoms with Crippen LogP contribution in [0.4, 0.5) is 0 Å². The number of fused-ring (bicyclic) bond motifs is 1. The van der Waals surface area contributed by atoms with Crippen molar-refractivity contribution in [2.75, 3.05) is 0 Å². The van der Waals surface area contributed by atoms with E-state index in [0.717, 1.165) is 4.47 Å². The van der Waals surface area contributed by atoms with Crippen LogP contribution in [0.1, 0.15) is 32.4 Å². The maximum Gasteiger partial charge on any atom is 0.0457 e. The van der Waals surface area contributed by atoms with E-state index in [0.29, 0.717) is 0 Å². The van der Waals surface area contributed by atoms with Crippen LogP contribution in [-0.2, 0) is 0 Å². The maximum absolute atomic E-state index is 3.63. The molecule has 1 N–H and O–H groups in total. The number of hydrogen-bond donors (Lipinski definition) is 1. The molecule has 0 saturated heterocycles. The number of rotatable bonds is 3. The van der Waals surface area contributed by atoms with E-state index in [4.69, 9.17) is 0 Å². The molecule has 24 heavy (non-hydrogen) atoms. The average molecular weight is 396 g/mol. The van der Waals surface area contributed by atoms with Gasteiger partial charge in [-0.3, -0.25) is 0 Å². The van der Waals surface area contributed by atoms with Gasteiger partial charge in [-0.05, 0) is 61.4 Å². The van der Waals surface area contributed by atoms with Crippen molar-refractivity contribution in [3.8, 4) is 0 Å². The molecule has 0 aliphatic carbocycles. The quantitative estimate of drug-likeness (QED) is 0.392. The lowest BCUT2D eigenvalue weighted by molar-refractivity contribution is 1.01. The topological polar surface area (TPSA) is 15.8 Å². The Kier molecular flexibility index (Phi) is 4.07. The van der Waals surface area contributed by atoms with Crippen LogP contribution in [0.15, 0.2) is 65.3 Å². The van der Waals surface area contributed by atoms with Gasteiger partial charge in [-0.1, -0.05) is 39.7 Å². The minimum absolute atomic E-state index is 0.247. The van der Waals surface area contributed by atoms with Crippen molar-refractivity contribution in [2.24, 2.45) is 0 Å². The fourth-order valence-corrected chi connectivity index (χ4v) is 4.73. The Balaban J connectivity index is 1.96. The van der Waals surface area contributed by atoms with Crippen molar-refractivity contribution in [3.05, 3.63) is 91.7 Å². The zero-order valence-corrected chi connectivity index (χ0v) is 16.0. The van der Waals surface area contributed by atoms with Crippen LogP contribution in [-0.4, -0.2) is 4.98 Å². The highest BCUT2D eigenvalue weighted by atomic mass is 79.9. The van der Waals surface area contributed by atoms with E-state index < -0.39 is 0 Å². The second kappa shape index (κ2) is 6.23. The van der Waals surface area contributed by atoms with Crippen molar-refractivity contribution in [3.63, 3.8) is 0 Å². The molecule has 0 spiro atoms. The number of aromatic amines is 1. The minimum atomic E-state index is 0.247. The molecule has 0 aliphatic rings. The third-order valence-electron chi connectivity index (χ3n) is 4.41. The molecule has 2 aromatic carbocycles. The zero-order valence-electron chi connectivity index (χ0n) is 13.6. The van der Waals surface area contributed by atoms with Crippen LogP contribution >= 0.6 is 27.3 Å². The first-order valence-electron chi connectivity index (χ1n) is 8.01. The van der Waals surface area contributed by atoms with Gasteiger partial charge in [0, 0.05) is 37.2 Å². The van der Waals surface area contributed by atoms with Gasteiger partial charge in [0.1, 0.15) is 0 Å². The van der Waals surface area contributed by atoms with Crippen LogP contribution in [0.25, 0.3) is 10.9 Å². The van der Waals surface area contributed by atoms with Gasteiger partial charge in [0.05, 0.1) is 0 Å². The Morgan fingerprint density at radius 2 is 1.88 bits per heavy atom. The summed E-state index contributed by atoms with van der Waals surface area (Å²) in [5.74, 6) is 0.247. The van der Waals surface area contributed by atoms with Gasteiger partial charge < -0.3 is 4.98 Å². The average Bonchev–Trinajstić information content (AvgIpc) is 3.15. The third kappa shape index (κ3) is 2.83. The number of thiophene rings is 1. The number of aromatic nitrogens is 1. The van der Waals surface area contributed by atoms with Gasteiger partial charge in [0.15, 0.2) is 0 Å². The van der Waals surface area contributed by atoms with E-state index in [1.807, 2.05) is 11.3 Å². The molecule has 0 saturated carbocycles. The molecule has 0 fully saturated rings. The smallest absolute Gasteiger partial charge is 0.0457 e. The summed E-state index contributed by atoms with van der Waals surface area (Å²) in [4.78, 5) is 6.18. The monoisotopic (exact) mass is 395 g/mol. The molecule has 2 aromatic heterocycles. The Hall–Kier alpha value is -1.84. The van der Waals surface area contributed by atoms with Crippen LogP contribution in [0, 0.1) is 13.8 Å². The molecule has 2 heterocycles. The molecule has 4 rings (SSSR count). The second-order valence-electron chi connectivity index (χ2n) is 6.23. The van der Waals surface area contributed by atoms with Crippen molar-refractivity contribution < 1.29 is 0 Å². The maximum atomic E-state index is 3.63. The van der Waals surface area contributed by atoms with E-state index in [-0.39, 0.29) is 5.92 Å². The molecule has 3 heteroatoms. The summed E-state index contributed by atoms with van der Waals surface area (Å²) >= 11 is 5.51. The predicted molar refractivity (Wildman–Crippen MR) is 107 cm³/mol. The molecule has 0 unspecified atom stereocenters. The van der Waals surface area contributed by atoms with E-state index >= 15 is 0 Å². The summed E-state index contributed by atoms with van der Waals surface area (Å²) in [6.45, 7) is 4.32. The third-order valence-corrected chi connectivity index (χ3v) is 5.97. The van der Waals surface area contributed by atoms with Gasteiger partial charge >= 0.3 is 0 Å². The van der Waals surface area contributed by atoms with E-state index in [1.165, 1.54) is 37.3 Å². The number of nitrogens with one attached hydrogen (secondary N) is 1. The Bertz CT molecular complexity index is 1010. The lowest BCUT2D eigenvalue weighted by Crippen LogP contribution is -2.00. The van der Waals surface area contributed by atoms with Crippen LogP contribution < -0.4 is 0 Å². The summed E-state index contributed by atoms with van der Waals surface area (Å²) in [5.41, 5.74) is 5.14. The summed E-state index contributed by atoms with van der Waals surface area (Å²) in [7, 11) is 0. The van der Waals surface area contributed by atoms with Gasteiger partial charge in [0.25, 0.3) is 0 Å². The zero-order chi connectivity index (χ0) is 16.7. The first-order valence-corrected chi connectivity index (χ1v) is 9.62. The first-order chi connectivity index (χ1) is 11.6. The van der Waals surface area contributed by atoms with E-state index in [1.54, 1.807) is 0 Å². The molecule has 0 amide bonds. The molecule has 4 aromatic rings. The van der Waals surface area contributed by atoms with Crippen LogP contribution in [0.5, 0.6) is 0 Å². The number of H-pyrrole nitrogens is 1. The van der Waals surface area contributed by atoms with Crippen molar-refractivity contribution in [1.29, 1.82) is 0 Å². The summed E-state index contributed by atoms with van der Waals surface area (Å²) < 4.78 is 1.12. The standard InChI is InChI=1S/C21H18BrNS/c1-13-6-8-19-17(10-13)18(12-23-19)21(20-9-7-14(2)24-20)15-4-3-5-16(22)11-15/h3-12,21,23H,1-2H3/t21-/m0/s1. The van der Waals surface area contributed by atoms with Crippen molar-refractivity contribution >= 4 is 38.2 Å². The highest BCUT2D eigenvalue weighted by molar-refractivity contribution is 9.10. The summed E-state index contributed by atoms with van der Waals surface area (Å²) in [6, 6.07) is 19.7. The minimum Gasteiger partial charge on any atom is -0.361 e. The highest BCUT2D eigenvalue weighted by Crippen LogP contribution is 2.39. The summed E-state index contributed by atoms with van der Waals surface area (Å²) in [6.07, 6.45) is 2.17. The largest absolute Gasteiger partial charge is 0.361 e. The summed E-state index contributed by atoms with van der Waals surface area (Å²) in [5, 5.41) is 1.31. The normalized spacial score (nSPS) is 12.6. The SMILES string of the molecule is Cc1ccc2[nH]cc([C@H](c3cccc(Br)c3)c3ccc(C)s3)c2c1. The fourth-order valence-electron chi connectivity index (χ4n) is 3.29. The van der Waals surface area contributed by atoms with Gasteiger partial charge in [-0.15, -0.1) is 11.3 Å². The lowest BCUT2D eigenvalue weighted by atomic mass is 9.89. The van der Waals surface area contributed by atoms with Gasteiger partial charge in [-0.2, -0.15) is 0 Å². The van der Waals surface area contributed by atoms with Crippen LogP contribution in [0.3, 0.4) is 0 Å². The lowest BCUT2D eigenvalue weighted by Gasteiger charge is -2.16. The number of aryl methyl sites for hydroxylation is 2. The first kappa shape index (κ1) is 15.7. The number of hydrogen-bond acceptors (Lipinski definition) is 1. The Morgan fingerprint density at radius 3 is 2.62 bits per heavy atom. The highest BCUT2D eigenvalue weighted by Gasteiger charge is 2.22. The van der Waals surface area contributed by atoms with Gasteiger partial charge in [0.2, 0.25) is 0 Å².